The molecule has 118 valence electrons. The van der Waals surface area contributed by atoms with Gasteiger partial charge in [-0.1, -0.05) is 45.9 Å². The Morgan fingerprint density at radius 3 is 2.82 bits per heavy atom. The maximum Gasteiger partial charge on any atom is 0.117 e. The number of nitriles is 1. The molecule has 1 heterocycles. The van der Waals surface area contributed by atoms with Crippen LogP contribution in [-0.2, 0) is 0 Å². The summed E-state index contributed by atoms with van der Waals surface area (Å²) < 4.78 is 0. The van der Waals surface area contributed by atoms with Crippen LogP contribution in [0.1, 0.15) is 46.5 Å². The maximum atomic E-state index is 9.51. The molecule has 0 saturated heterocycles. The van der Waals surface area contributed by atoms with Crippen molar-refractivity contribution >= 4 is 0 Å². The Balaban J connectivity index is 2.18. The quantitative estimate of drug-likeness (QED) is 0.646. The number of allylic oxidation sites excluding steroid dienone is 6. The third-order valence-electron chi connectivity index (χ3n) is 4.58. The number of fused-ring (bicyclic) bond motifs is 1. The highest BCUT2D eigenvalue weighted by Crippen LogP contribution is 2.38. The fourth-order valence-corrected chi connectivity index (χ4v) is 3.67. The van der Waals surface area contributed by atoms with Gasteiger partial charge in [-0.2, -0.15) is 5.26 Å². The van der Waals surface area contributed by atoms with Crippen molar-refractivity contribution in [2.45, 2.75) is 46.5 Å². The Hall–Kier alpha value is -1.75. The highest BCUT2D eigenvalue weighted by atomic mass is 15.2. The minimum atomic E-state index is 0.356. The zero-order valence-corrected chi connectivity index (χ0v) is 14.2. The van der Waals surface area contributed by atoms with Gasteiger partial charge in [0.1, 0.15) is 11.8 Å². The molecule has 0 aromatic heterocycles. The van der Waals surface area contributed by atoms with Crippen molar-refractivity contribution in [2.75, 3.05) is 6.54 Å². The van der Waals surface area contributed by atoms with E-state index >= 15 is 0 Å². The second kappa shape index (κ2) is 7.49. The van der Waals surface area contributed by atoms with E-state index in [4.69, 9.17) is 0 Å². The van der Waals surface area contributed by atoms with Crippen molar-refractivity contribution in [1.29, 1.82) is 5.26 Å². The van der Waals surface area contributed by atoms with E-state index < -0.39 is 0 Å². The standard InChI is InChI=1S/C20H28N2/c1-5-7-17(10-15(3)4)14-22-19(13-21)12-18-11-16(6-2)8-9-20(18)22/h6,8-9,12,15,17-18H,2,5,7,10-11,14H2,1,3-4H3. The lowest BCUT2D eigenvalue weighted by molar-refractivity contribution is 0.289. The number of rotatable bonds is 7. The number of hydrogen-bond acceptors (Lipinski definition) is 2. The molecule has 0 aromatic rings. The van der Waals surface area contributed by atoms with E-state index in [9.17, 15) is 5.26 Å². The first-order valence-corrected chi connectivity index (χ1v) is 8.51. The van der Waals surface area contributed by atoms with Gasteiger partial charge in [-0.25, -0.2) is 0 Å². The predicted molar refractivity (Wildman–Crippen MR) is 92.7 cm³/mol. The summed E-state index contributed by atoms with van der Waals surface area (Å²) >= 11 is 0. The molecule has 0 amide bonds. The van der Waals surface area contributed by atoms with Gasteiger partial charge in [0.2, 0.25) is 0 Å². The average molecular weight is 296 g/mol. The van der Waals surface area contributed by atoms with E-state index in [0.29, 0.717) is 17.8 Å². The fraction of sp³-hybridized carbons (Fsp3) is 0.550. The molecule has 2 aliphatic rings. The van der Waals surface area contributed by atoms with E-state index in [2.05, 4.69) is 56.5 Å². The smallest absolute Gasteiger partial charge is 0.117 e. The van der Waals surface area contributed by atoms with Gasteiger partial charge < -0.3 is 4.90 Å². The third kappa shape index (κ3) is 3.71. The SMILES string of the molecule is C=CC1=CC=C2C(C=C(C#N)N2CC(CCC)CC(C)C)C1. The topological polar surface area (TPSA) is 27.0 Å². The molecule has 0 radical (unpaired) electrons. The van der Waals surface area contributed by atoms with Crippen molar-refractivity contribution in [3.63, 3.8) is 0 Å². The molecule has 0 spiro atoms. The van der Waals surface area contributed by atoms with E-state index in [-0.39, 0.29) is 0 Å². The molecule has 2 unspecified atom stereocenters. The van der Waals surface area contributed by atoms with Gasteiger partial charge in [-0.15, -0.1) is 0 Å². The summed E-state index contributed by atoms with van der Waals surface area (Å²) in [6.07, 6.45) is 13.0. The molecule has 2 heteroatoms. The van der Waals surface area contributed by atoms with E-state index in [0.717, 1.165) is 18.7 Å². The van der Waals surface area contributed by atoms with Crippen molar-refractivity contribution in [1.82, 2.24) is 4.90 Å². The van der Waals surface area contributed by atoms with Crippen LogP contribution in [0.4, 0.5) is 0 Å². The van der Waals surface area contributed by atoms with Crippen LogP contribution >= 0.6 is 0 Å². The minimum Gasteiger partial charge on any atom is -0.336 e. The molecule has 2 nitrogen and oxygen atoms in total. The van der Waals surface area contributed by atoms with E-state index in [1.54, 1.807) is 0 Å². The Kier molecular flexibility index (Phi) is 5.66. The van der Waals surface area contributed by atoms with Crippen molar-refractivity contribution in [3.05, 3.63) is 47.9 Å². The molecule has 0 aromatic carbocycles. The van der Waals surface area contributed by atoms with Gasteiger partial charge in [-0.05, 0) is 48.8 Å². The third-order valence-corrected chi connectivity index (χ3v) is 4.58. The van der Waals surface area contributed by atoms with Crippen LogP contribution in [0.15, 0.2) is 47.9 Å². The molecule has 0 bridgehead atoms. The lowest BCUT2D eigenvalue weighted by atomic mass is 9.90. The molecule has 22 heavy (non-hydrogen) atoms. The van der Waals surface area contributed by atoms with Crippen molar-refractivity contribution < 1.29 is 0 Å². The summed E-state index contributed by atoms with van der Waals surface area (Å²) in [4.78, 5) is 2.27. The second-order valence-corrected chi connectivity index (χ2v) is 6.91. The van der Waals surface area contributed by atoms with Crippen molar-refractivity contribution in [3.8, 4) is 6.07 Å². The van der Waals surface area contributed by atoms with Crippen LogP contribution < -0.4 is 0 Å². The number of nitrogens with zero attached hydrogens (tertiary/aromatic N) is 2. The van der Waals surface area contributed by atoms with Crippen LogP contribution in [-0.4, -0.2) is 11.4 Å². The Morgan fingerprint density at radius 2 is 2.23 bits per heavy atom. The summed E-state index contributed by atoms with van der Waals surface area (Å²) in [6.45, 7) is 11.7. The number of hydrogen-bond donors (Lipinski definition) is 0. The van der Waals surface area contributed by atoms with E-state index in [1.165, 1.54) is 30.5 Å². The molecule has 0 fully saturated rings. The Morgan fingerprint density at radius 1 is 1.45 bits per heavy atom. The lowest BCUT2D eigenvalue weighted by Gasteiger charge is -2.30. The van der Waals surface area contributed by atoms with Gasteiger partial charge in [-0.3, -0.25) is 0 Å². The molecule has 0 N–H and O–H groups in total. The molecular formula is C20H28N2. The van der Waals surface area contributed by atoms with Gasteiger partial charge in [0.05, 0.1) is 0 Å². The van der Waals surface area contributed by atoms with Crippen LogP contribution in [0.25, 0.3) is 0 Å². The van der Waals surface area contributed by atoms with Crippen LogP contribution in [0.5, 0.6) is 0 Å². The monoisotopic (exact) mass is 296 g/mol. The summed E-state index contributed by atoms with van der Waals surface area (Å²) in [5.74, 6) is 1.72. The highest BCUT2D eigenvalue weighted by Gasteiger charge is 2.32. The lowest BCUT2D eigenvalue weighted by Crippen LogP contribution is -2.28. The maximum absolute atomic E-state index is 9.51. The Labute approximate surface area is 135 Å². The largest absolute Gasteiger partial charge is 0.336 e. The van der Waals surface area contributed by atoms with Gasteiger partial charge >= 0.3 is 0 Å². The predicted octanol–water partition coefficient (Wildman–Crippen LogP) is 5.19. The molecular weight excluding hydrogens is 268 g/mol. The van der Waals surface area contributed by atoms with Crippen LogP contribution in [0, 0.1) is 29.1 Å². The summed E-state index contributed by atoms with van der Waals surface area (Å²) in [7, 11) is 0. The van der Waals surface area contributed by atoms with E-state index in [1.807, 2.05) is 6.08 Å². The normalized spacial score (nSPS) is 21.7. The minimum absolute atomic E-state index is 0.356. The molecule has 1 aliphatic heterocycles. The fourth-order valence-electron chi connectivity index (χ4n) is 3.67. The van der Waals surface area contributed by atoms with Crippen LogP contribution in [0.3, 0.4) is 0 Å². The van der Waals surface area contributed by atoms with Gasteiger partial charge in [0.15, 0.2) is 0 Å². The zero-order chi connectivity index (χ0) is 16.1. The molecule has 1 aliphatic carbocycles. The summed E-state index contributed by atoms with van der Waals surface area (Å²) in [5.41, 5.74) is 3.39. The molecule has 2 atom stereocenters. The first-order valence-electron chi connectivity index (χ1n) is 8.51. The highest BCUT2D eigenvalue weighted by molar-refractivity contribution is 5.43. The second-order valence-electron chi connectivity index (χ2n) is 6.91. The van der Waals surface area contributed by atoms with Crippen molar-refractivity contribution in [2.24, 2.45) is 17.8 Å². The molecule has 0 saturated carbocycles. The first kappa shape index (κ1) is 16.6. The summed E-state index contributed by atoms with van der Waals surface area (Å²) in [5, 5.41) is 9.51. The average Bonchev–Trinajstić information content (AvgIpc) is 2.83. The molecule has 2 rings (SSSR count). The van der Waals surface area contributed by atoms with Crippen LogP contribution in [0.2, 0.25) is 0 Å². The van der Waals surface area contributed by atoms with Gasteiger partial charge in [0.25, 0.3) is 0 Å². The van der Waals surface area contributed by atoms with Gasteiger partial charge in [0, 0.05) is 18.2 Å². The zero-order valence-electron chi connectivity index (χ0n) is 14.2. The first-order chi connectivity index (χ1) is 10.6. The Bertz CT molecular complexity index is 543. The summed E-state index contributed by atoms with van der Waals surface area (Å²) in [6, 6.07) is 2.40.